The third-order valence-electron chi connectivity index (χ3n) is 6.18. The van der Waals surface area contributed by atoms with E-state index in [1.165, 1.54) is 38.8 Å². The van der Waals surface area contributed by atoms with E-state index < -0.39 is 0 Å². The van der Waals surface area contributed by atoms with Crippen molar-refractivity contribution in [3.8, 4) is 39.2 Å². The van der Waals surface area contributed by atoms with Gasteiger partial charge in [-0.15, -0.1) is 11.3 Å². The lowest BCUT2D eigenvalue weighted by atomic mass is 10.1. The van der Waals surface area contributed by atoms with Crippen molar-refractivity contribution < 1.29 is 19.7 Å². The van der Waals surface area contributed by atoms with Crippen molar-refractivity contribution in [2.45, 2.75) is 25.7 Å². The second-order valence-electron chi connectivity index (χ2n) is 8.67. The van der Waals surface area contributed by atoms with E-state index in [0.717, 1.165) is 38.6 Å². The fraction of sp³-hybridized carbons (Fsp3) is 0.286. The van der Waals surface area contributed by atoms with E-state index in [1.807, 2.05) is 42.5 Å². The zero-order valence-corrected chi connectivity index (χ0v) is 19.9. The average molecular weight is 476 g/mol. The fourth-order valence-electron chi connectivity index (χ4n) is 4.34. The maximum atomic E-state index is 9.94. The molecule has 3 aromatic carbocycles. The molecule has 0 unspecified atom stereocenters. The minimum atomic E-state index is 0.219. The Bertz CT molecular complexity index is 1230. The minimum Gasteiger partial charge on any atom is -0.508 e. The lowest BCUT2D eigenvalue weighted by Gasteiger charge is -2.19. The summed E-state index contributed by atoms with van der Waals surface area (Å²) in [4.78, 5) is 3.44. The van der Waals surface area contributed by atoms with Gasteiger partial charge in [-0.2, -0.15) is 0 Å². The molecule has 0 saturated carbocycles. The van der Waals surface area contributed by atoms with Crippen LogP contribution in [-0.4, -0.2) is 41.4 Å². The van der Waals surface area contributed by atoms with Crippen LogP contribution in [0.1, 0.15) is 25.7 Å². The summed E-state index contributed by atoms with van der Waals surface area (Å²) in [6, 6.07) is 20.1. The molecule has 2 N–H and O–H groups in total. The van der Waals surface area contributed by atoms with Gasteiger partial charge in [0.05, 0.1) is 4.88 Å². The number of likely N-dealkylation sites (tertiary alicyclic amines) is 1. The second kappa shape index (κ2) is 10.4. The van der Waals surface area contributed by atoms with Crippen molar-refractivity contribution in [3.05, 3.63) is 66.7 Å². The van der Waals surface area contributed by atoms with E-state index >= 15 is 0 Å². The average Bonchev–Trinajstić information content (AvgIpc) is 3.00. The first-order chi connectivity index (χ1) is 16.7. The summed E-state index contributed by atoms with van der Waals surface area (Å²) in [7, 11) is 0. The van der Waals surface area contributed by atoms with E-state index in [1.54, 1.807) is 35.6 Å². The molecule has 0 spiro atoms. The van der Waals surface area contributed by atoms with Crippen LogP contribution in [0.15, 0.2) is 66.7 Å². The van der Waals surface area contributed by atoms with Crippen LogP contribution in [0.5, 0.6) is 28.7 Å². The quantitative estimate of drug-likeness (QED) is 0.301. The van der Waals surface area contributed by atoms with Crippen molar-refractivity contribution in [1.82, 2.24) is 4.90 Å². The third kappa shape index (κ3) is 5.29. The second-order valence-corrected chi connectivity index (χ2v) is 9.72. The molecule has 1 aromatic heterocycles. The Labute approximate surface area is 203 Å². The highest BCUT2D eigenvalue weighted by molar-refractivity contribution is 7.22. The number of thiophene rings is 1. The molecule has 1 fully saturated rings. The highest BCUT2D eigenvalue weighted by atomic mass is 32.1. The van der Waals surface area contributed by atoms with Crippen LogP contribution in [0.2, 0.25) is 0 Å². The summed E-state index contributed by atoms with van der Waals surface area (Å²) in [6.07, 6.45) is 5.26. The molecule has 0 bridgehead atoms. The zero-order valence-electron chi connectivity index (χ0n) is 19.1. The SMILES string of the molecule is Oc1ccc(-c2sc3cc(O)ccc3c2Oc2ccc(OCCN3CCCCCC3)cc2)cc1. The van der Waals surface area contributed by atoms with E-state index in [9.17, 15) is 10.2 Å². The number of nitrogens with zero attached hydrogens (tertiary/aromatic N) is 1. The summed E-state index contributed by atoms with van der Waals surface area (Å²) in [5, 5.41) is 20.6. The summed E-state index contributed by atoms with van der Waals surface area (Å²) in [6.45, 7) is 3.99. The predicted molar refractivity (Wildman–Crippen MR) is 138 cm³/mol. The molecule has 0 radical (unpaired) electrons. The van der Waals surface area contributed by atoms with Gasteiger partial charge in [-0.1, -0.05) is 12.8 Å². The monoisotopic (exact) mass is 475 g/mol. The van der Waals surface area contributed by atoms with Crippen LogP contribution in [0.25, 0.3) is 20.5 Å². The van der Waals surface area contributed by atoms with Gasteiger partial charge in [0.1, 0.15) is 29.6 Å². The molecule has 5 rings (SSSR count). The van der Waals surface area contributed by atoms with E-state index in [-0.39, 0.29) is 11.5 Å². The predicted octanol–water partition coefficient (Wildman–Crippen LogP) is 7.03. The summed E-state index contributed by atoms with van der Waals surface area (Å²) in [5.74, 6) is 2.73. The lowest BCUT2D eigenvalue weighted by molar-refractivity contribution is 0.214. The van der Waals surface area contributed by atoms with Crippen molar-refractivity contribution in [2.24, 2.45) is 0 Å². The molecule has 5 nitrogen and oxygen atoms in total. The van der Waals surface area contributed by atoms with E-state index in [0.29, 0.717) is 12.4 Å². The Morgan fingerprint density at radius 3 is 2.18 bits per heavy atom. The summed E-state index contributed by atoms with van der Waals surface area (Å²) >= 11 is 1.55. The maximum Gasteiger partial charge on any atom is 0.153 e. The van der Waals surface area contributed by atoms with Crippen molar-refractivity contribution >= 4 is 21.4 Å². The molecule has 6 heteroatoms. The number of rotatable bonds is 7. The number of hydrogen-bond donors (Lipinski definition) is 2. The van der Waals surface area contributed by atoms with Gasteiger partial charge in [-0.3, -0.25) is 4.90 Å². The molecule has 0 aliphatic carbocycles. The van der Waals surface area contributed by atoms with Gasteiger partial charge in [0, 0.05) is 16.6 Å². The molecule has 176 valence electrons. The van der Waals surface area contributed by atoms with Crippen molar-refractivity contribution in [1.29, 1.82) is 0 Å². The van der Waals surface area contributed by atoms with Crippen molar-refractivity contribution in [2.75, 3.05) is 26.2 Å². The number of phenols is 2. The van der Waals surface area contributed by atoms with E-state index in [2.05, 4.69) is 4.90 Å². The van der Waals surface area contributed by atoms with Crippen LogP contribution < -0.4 is 9.47 Å². The van der Waals surface area contributed by atoms with Gasteiger partial charge in [-0.05, 0) is 98.2 Å². The molecule has 1 aliphatic heterocycles. The standard InChI is InChI=1S/C28H29NO4S/c30-21-7-5-20(6-8-21)28-27(25-14-9-22(31)19-26(25)34-28)33-24-12-10-23(11-13-24)32-18-17-29-15-3-1-2-4-16-29/h5-14,19,30-31H,1-4,15-18H2. The zero-order chi connectivity index (χ0) is 23.3. The van der Waals surface area contributed by atoms with E-state index in [4.69, 9.17) is 9.47 Å². The smallest absolute Gasteiger partial charge is 0.153 e. The van der Waals surface area contributed by atoms with Crippen LogP contribution in [-0.2, 0) is 0 Å². The normalized spacial score (nSPS) is 14.7. The Balaban J connectivity index is 1.31. The van der Waals surface area contributed by atoms with Gasteiger partial charge in [0.2, 0.25) is 0 Å². The first kappa shape index (κ1) is 22.6. The van der Waals surface area contributed by atoms with Crippen LogP contribution >= 0.6 is 11.3 Å². The molecule has 0 amide bonds. The highest BCUT2D eigenvalue weighted by Gasteiger charge is 2.17. The highest BCUT2D eigenvalue weighted by Crippen LogP contribution is 2.47. The molecule has 34 heavy (non-hydrogen) atoms. The molecule has 1 saturated heterocycles. The molecule has 1 aliphatic rings. The van der Waals surface area contributed by atoms with Gasteiger partial charge < -0.3 is 19.7 Å². The summed E-state index contributed by atoms with van der Waals surface area (Å²) in [5.41, 5.74) is 0.946. The maximum absolute atomic E-state index is 9.94. The summed E-state index contributed by atoms with van der Waals surface area (Å²) < 4.78 is 13.3. The molecular formula is C28H29NO4S. The number of aromatic hydroxyl groups is 2. The fourth-order valence-corrected chi connectivity index (χ4v) is 5.51. The number of hydrogen-bond acceptors (Lipinski definition) is 6. The minimum absolute atomic E-state index is 0.219. The number of benzene rings is 3. The van der Waals surface area contributed by atoms with Crippen LogP contribution in [0.3, 0.4) is 0 Å². The topological polar surface area (TPSA) is 62.2 Å². The largest absolute Gasteiger partial charge is 0.508 e. The van der Waals surface area contributed by atoms with Gasteiger partial charge in [-0.25, -0.2) is 0 Å². The Kier molecular flexibility index (Phi) is 6.88. The number of ether oxygens (including phenoxy) is 2. The number of fused-ring (bicyclic) bond motifs is 1. The number of phenolic OH excluding ortho intramolecular Hbond substituents is 2. The van der Waals surface area contributed by atoms with Crippen LogP contribution in [0, 0.1) is 0 Å². The van der Waals surface area contributed by atoms with Gasteiger partial charge >= 0.3 is 0 Å². The lowest BCUT2D eigenvalue weighted by Crippen LogP contribution is -2.29. The first-order valence-corrected chi connectivity index (χ1v) is 12.7. The Morgan fingerprint density at radius 2 is 1.44 bits per heavy atom. The molecular weight excluding hydrogens is 446 g/mol. The molecule has 2 heterocycles. The van der Waals surface area contributed by atoms with Gasteiger partial charge in [0.25, 0.3) is 0 Å². The Hall–Kier alpha value is -3.22. The Morgan fingerprint density at radius 1 is 0.765 bits per heavy atom. The van der Waals surface area contributed by atoms with Crippen LogP contribution in [0.4, 0.5) is 0 Å². The van der Waals surface area contributed by atoms with Crippen molar-refractivity contribution in [3.63, 3.8) is 0 Å². The first-order valence-electron chi connectivity index (χ1n) is 11.8. The third-order valence-corrected chi connectivity index (χ3v) is 7.36. The van der Waals surface area contributed by atoms with Gasteiger partial charge in [0.15, 0.2) is 5.75 Å². The molecule has 0 atom stereocenters. The molecule has 4 aromatic rings.